The number of hydrogen-bond donors (Lipinski definition) is 1. The fraction of sp³-hybridized carbons (Fsp3) is 0.727. The highest BCUT2D eigenvalue weighted by molar-refractivity contribution is 7.89. The van der Waals surface area contributed by atoms with Crippen molar-refractivity contribution in [2.24, 2.45) is 5.73 Å². The van der Waals surface area contributed by atoms with Crippen LogP contribution >= 0.6 is 0 Å². The molecule has 18 heavy (non-hydrogen) atoms. The summed E-state index contributed by atoms with van der Waals surface area (Å²) in [5.41, 5.74) is 5.95. The van der Waals surface area contributed by atoms with Crippen molar-refractivity contribution in [3.05, 3.63) is 12.5 Å². The van der Waals surface area contributed by atoms with Crippen LogP contribution in [0.4, 0.5) is 0 Å². The van der Waals surface area contributed by atoms with E-state index in [0.717, 1.165) is 19.3 Å². The summed E-state index contributed by atoms with van der Waals surface area (Å²) in [6, 6.07) is 0. The molecule has 0 aliphatic carbocycles. The van der Waals surface area contributed by atoms with Crippen LogP contribution in [0.15, 0.2) is 17.6 Å². The van der Waals surface area contributed by atoms with Crippen molar-refractivity contribution >= 4 is 10.0 Å². The highest BCUT2D eigenvalue weighted by atomic mass is 32.2. The van der Waals surface area contributed by atoms with Gasteiger partial charge in [-0.25, -0.2) is 13.4 Å². The predicted octanol–water partition coefficient (Wildman–Crippen LogP) is 0.752. The van der Waals surface area contributed by atoms with Crippen LogP contribution in [0, 0.1) is 0 Å². The van der Waals surface area contributed by atoms with Crippen molar-refractivity contribution in [2.75, 3.05) is 6.54 Å². The molecule has 1 aromatic heterocycles. The summed E-state index contributed by atoms with van der Waals surface area (Å²) in [5, 5.41) is 0.0988. The van der Waals surface area contributed by atoms with E-state index in [4.69, 9.17) is 5.73 Å². The molecule has 2 heterocycles. The molecule has 0 radical (unpaired) electrons. The smallest absolute Gasteiger partial charge is 0.263 e. The van der Waals surface area contributed by atoms with E-state index in [1.807, 2.05) is 6.92 Å². The molecule has 1 unspecified atom stereocenters. The van der Waals surface area contributed by atoms with Gasteiger partial charge in [-0.15, -0.1) is 0 Å². The average Bonchev–Trinajstić information content (AvgIpc) is 2.72. The van der Waals surface area contributed by atoms with Gasteiger partial charge in [0.1, 0.15) is 0 Å². The molecule has 1 atom stereocenters. The number of aryl methyl sites for hydroxylation is 1. The maximum atomic E-state index is 12.4. The summed E-state index contributed by atoms with van der Waals surface area (Å²) >= 11 is 0. The molecule has 0 saturated carbocycles. The molecular weight excluding hydrogens is 252 g/mol. The largest absolute Gasteiger partial charge is 0.336 e. The van der Waals surface area contributed by atoms with Crippen LogP contribution in [0.2, 0.25) is 0 Å². The number of nitrogens with two attached hydrogens (primary N) is 1. The van der Waals surface area contributed by atoms with Gasteiger partial charge in [0, 0.05) is 19.3 Å². The molecule has 1 fully saturated rings. The third-order valence-corrected chi connectivity index (χ3v) is 5.11. The number of nitrogens with zero attached hydrogens (tertiary/aromatic N) is 3. The quantitative estimate of drug-likeness (QED) is 0.880. The molecule has 7 heteroatoms. The summed E-state index contributed by atoms with van der Waals surface area (Å²) in [5.74, 6) is 0. The Morgan fingerprint density at radius 2 is 2.22 bits per heavy atom. The number of rotatable bonds is 3. The van der Waals surface area contributed by atoms with Gasteiger partial charge in [-0.3, -0.25) is 0 Å². The van der Waals surface area contributed by atoms with Crippen molar-refractivity contribution in [1.82, 2.24) is 13.9 Å². The van der Waals surface area contributed by atoms with E-state index in [2.05, 4.69) is 4.98 Å². The van der Waals surface area contributed by atoms with E-state index in [9.17, 15) is 8.42 Å². The minimum atomic E-state index is -3.55. The Bertz CT molecular complexity index is 497. The third-order valence-electron chi connectivity index (χ3n) is 3.30. The van der Waals surface area contributed by atoms with Crippen molar-refractivity contribution < 1.29 is 8.42 Å². The van der Waals surface area contributed by atoms with Crippen molar-refractivity contribution in [3.8, 4) is 0 Å². The summed E-state index contributed by atoms with van der Waals surface area (Å²) in [4.78, 5) is 3.98. The second-order valence-electron chi connectivity index (χ2n) is 4.57. The molecule has 1 aliphatic heterocycles. The molecule has 1 saturated heterocycles. The molecule has 2 rings (SSSR count). The lowest BCUT2D eigenvalue weighted by Gasteiger charge is -2.24. The molecule has 2 N–H and O–H groups in total. The maximum absolute atomic E-state index is 12.4. The summed E-state index contributed by atoms with van der Waals surface area (Å²) in [6.45, 7) is 3.13. The normalized spacial score (nSPS) is 22.9. The number of imidazole rings is 1. The minimum absolute atomic E-state index is 0.0988. The first-order valence-electron chi connectivity index (χ1n) is 6.35. The highest BCUT2D eigenvalue weighted by Gasteiger charge is 2.31. The van der Waals surface area contributed by atoms with Crippen LogP contribution in [0.3, 0.4) is 0 Å². The van der Waals surface area contributed by atoms with Gasteiger partial charge in [0.15, 0.2) is 5.03 Å². The molecular formula is C11H20N4O2S. The second kappa shape index (κ2) is 5.38. The van der Waals surface area contributed by atoms with Gasteiger partial charge in [0.05, 0.1) is 12.5 Å². The van der Waals surface area contributed by atoms with Crippen LogP contribution in [-0.4, -0.2) is 35.0 Å². The molecule has 0 spiro atoms. The first kappa shape index (κ1) is 13.5. The lowest BCUT2D eigenvalue weighted by molar-refractivity contribution is 0.328. The zero-order valence-electron chi connectivity index (χ0n) is 10.6. The van der Waals surface area contributed by atoms with Gasteiger partial charge in [0.25, 0.3) is 10.0 Å². The second-order valence-corrected chi connectivity index (χ2v) is 6.41. The van der Waals surface area contributed by atoms with Crippen LogP contribution < -0.4 is 5.73 Å². The first-order chi connectivity index (χ1) is 8.55. The van der Waals surface area contributed by atoms with E-state index in [0.29, 0.717) is 19.5 Å². The van der Waals surface area contributed by atoms with Crippen LogP contribution in [-0.2, 0) is 16.6 Å². The number of sulfonamides is 1. The lowest BCUT2D eigenvalue weighted by atomic mass is 10.2. The van der Waals surface area contributed by atoms with Crippen molar-refractivity contribution in [1.29, 1.82) is 0 Å². The Balaban J connectivity index is 2.28. The van der Waals surface area contributed by atoms with Crippen LogP contribution in [0.1, 0.15) is 32.6 Å². The standard InChI is InChI=1S/C11H20N4O2S/c1-2-14-8-11(13-9-14)18(16,17)15-7-5-3-4-6-10(15)12/h8-10H,2-7,12H2,1H3. The van der Waals surface area contributed by atoms with Gasteiger partial charge in [-0.1, -0.05) is 12.8 Å². The van der Waals surface area contributed by atoms with E-state index in [1.54, 1.807) is 10.8 Å². The Morgan fingerprint density at radius 3 is 2.89 bits per heavy atom. The van der Waals surface area contributed by atoms with Gasteiger partial charge in [-0.05, 0) is 19.8 Å². The first-order valence-corrected chi connectivity index (χ1v) is 7.79. The average molecular weight is 272 g/mol. The van der Waals surface area contributed by atoms with E-state index in [1.165, 1.54) is 10.6 Å². The monoisotopic (exact) mass is 272 g/mol. The van der Waals surface area contributed by atoms with Gasteiger partial charge < -0.3 is 10.3 Å². The third kappa shape index (κ3) is 2.57. The van der Waals surface area contributed by atoms with Gasteiger partial charge >= 0.3 is 0 Å². The minimum Gasteiger partial charge on any atom is -0.336 e. The number of hydrogen-bond acceptors (Lipinski definition) is 4. The lowest BCUT2D eigenvalue weighted by Crippen LogP contribution is -2.45. The fourth-order valence-electron chi connectivity index (χ4n) is 2.17. The molecule has 0 aromatic carbocycles. The predicted molar refractivity (Wildman–Crippen MR) is 68.2 cm³/mol. The molecule has 1 aromatic rings. The molecule has 1 aliphatic rings. The SMILES string of the molecule is CCn1cnc(S(=O)(=O)N2CCCCCC2N)c1. The van der Waals surface area contributed by atoms with E-state index < -0.39 is 16.2 Å². The fourth-order valence-corrected chi connectivity index (χ4v) is 3.69. The Hall–Kier alpha value is -0.920. The zero-order valence-corrected chi connectivity index (χ0v) is 11.4. The van der Waals surface area contributed by atoms with Crippen molar-refractivity contribution in [2.45, 2.75) is 50.3 Å². The van der Waals surface area contributed by atoms with Gasteiger partial charge in [0.2, 0.25) is 0 Å². The molecule has 0 amide bonds. The molecule has 6 nitrogen and oxygen atoms in total. The number of aromatic nitrogens is 2. The van der Waals surface area contributed by atoms with Crippen LogP contribution in [0.5, 0.6) is 0 Å². The van der Waals surface area contributed by atoms with Crippen molar-refractivity contribution in [3.63, 3.8) is 0 Å². The summed E-state index contributed by atoms with van der Waals surface area (Å²) in [6.07, 6.45) is 6.27. The molecule has 102 valence electrons. The van der Waals surface area contributed by atoms with Crippen LogP contribution in [0.25, 0.3) is 0 Å². The van der Waals surface area contributed by atoms with Gasteiger partial charge in [-0.2, -0.15) is 4.31 Å². The summed E-state index contributed by atoms with van der Waals surface area (Å²) < 4.78 is 28.0. The highest BCUT2D eigenvalue weighted by Crippen LogP contribution is 2.21. The Morgan fingerprint density at radius 1 is 1.44 bits per heavy atom. The Labute approximate surface area is 108 Å². The van der Waals surface area contributed by atoms with E-state index >= 15 is 0 Å². The zero-order chi connectivity index (χ0) is 13.2. The topological polar surface area (TPSA) is 81.2 Å². The van der Waals surface area contributed by atoms with E-state index in [-0.39, 0.29) is 5.03 Å². The summed E-state index contributed by atoms with van der Waals surface area (Å²) in [7, 11) is -3.55. The molecule has 0 bridgehead atoms. The maximum Gasteiger partial charge on any atom is 0.263 e. The Kier molecular flexibility index (Phi) is 4.04.